The Morgan fingerprint density at radius 3 is 2.67 bits per heavy atom. The van der Waals surface area contributed by atoms with Gasteiger partial charge in [-0.2, -0.15) is 5.26 Å². The molecule has 1 aromatic carbocycles. The van der Waals surface area contributed by atoms with Crippen molar-refractivity contribution in [3.63, 3.8) is 0 Å². The second-order valence-corrected chi connectivity index (χ2v) is 2.59. The standard InChI is InChI=1S/C10H5NO/c11-6-8-5-7-3-1-2-4-9(7)10(8)12/h1-5H. The molecule has 0 radical (unpaired) electrons. The van der Waals surface area contributed by atoms with Crippen molar-refractivity contribution in [3.05, 3.63) is 41.0 Å². The zero-order valence-corrected chi connectivity index (χ0v) is 6.24. The summed E-state index contributed by atoms with van der Waals surface area (Å²) in [6, 6.07) is 9.08. The first kappa shape index (κ1) is 6.81. The molecule has 1 aliphatic rings. The van der Waals surface area contributed by atoms with Crippen LogP contribution >= 0.6 is 0 Å². The van der Waals surface area contributed by atoms with Crippen molar-refractivity contribution in [2.24, 2.45) is 0 Å². The number of hydrogen-bond acceptors (Lipinski definition) is 2. The number of carbonyl (C=O) groups excluding carboxylic acids is 1. The fraction of sp³-hybridized carbons (Fsp3) is 0. The molecule has 0 unspecified atom stereocenters. The first-order valence-electron chi connectivity index (χ1n) is 3.58. The Bertz CT molecular complexity index is 424. The van der Waals surface area contributed by atoms with E-state index in [0.717, 1.165) is 5.56 Å². The lowest BCUT2D eigenvalue weighted by Gasteiger charge is -1.92. The Morgan fingerprint density at radius 1 is 1.25 bits per heavy atom. The minimum atomic E-state index is -0.159. The van der Waals surface area contributed by atoms with Gasteiger partial charge < -0.3 is 0 Å². The molecule has 2 rings (SSSR count). The van der Waals surface area contributed by atoms with Gasteiger partial charge in [-0.15, -0.1) is 0 Å². The monoisotopic (exact) mass is 155 g/mol. The van der Waals surface area contributed by atoms with Crippen LogP contribution < -0.4 is 0 Å². The molecule has 0 aliphatic heterocycles. The third-order valence-electron chi connectivity index (χ3n) is 1.87. The quantitative estimate of drug-likeness (QED) is 0.573. The van der Waals surface area contributed by atoms with Crippen molar-refractivity contribution in [2.75, 3.05) is 0 Å². The molecule has 2 nitrogen and oxygen atoms in total. The molecular weight excluding hydrogens is 150 g/mol. The molecule has 0 bridgehead atoms. The number of Topliss-reactive ketones (excluding diaryl/α,β-unsaturated/α-hetero) is 1. The molecule has 0 N–H and O–H groups in total. The van der Waals surface area contributed by atoms with Crippen LogP contribution in [0.1, 0.15) is 15.9 Å². The van der Waals surface area contributed by atoms with Crippen LogP contribution in [-0.4, -0.2) is 5.78 Å². The number of nitrogens with zero attached hydrogens (tertiary/aromatic N) is 1. The van der Waals surface area contributed by atoms with Gasteiger partial charge in [0, 0.05) is 5.56 Å². The summed E-state index contributed by atoms with van der Waals surface area (Å²) in [5.41, 5.74) is 1.71. The van der Waals surface area contributed by atoms with Crippen LogP contribution in [0.15, 0.2) is 29.8 Å². The predicted molar refractivity (Wildman–Crippen MR) is 44.4 cm³/mol. The number of ketones is 1. The minimum Gasteiger partial charge on any atom is -0.288 e. The third-order valence-corrected chi connectivity index (χ3v) is 1.87. The zero-order chi connectivity index (χ0) is 8.55. The average Bonchev–Trinajstić information content (AvgIpc) is 2.44. The molecule has 0 atom stereocenters. The fourth-order valence-electron chi connectivity index (χ4n) is 1.28. The van der Waals surface area contributed by atoms with Gasteiger partial charge in [0.1, 0.15) is 11.6 Å². The molecule has 0 aromatic heterocycles. The summed E-state index contributed by atoms with van der Waals surface area (Å²) in [5, 5.41) is 8.57. The Kier molecular flexibility index (Phi) is 1.31. The number of fused-ring (bicyclic) bond motifs is 1. The summed E-state index contributed by atoms with van der Waals surface area (Å²) in [4.78, 5) is 11.3. The summed E-state index contributed by atoms with van der Waals surface area (Å²) in [7, 11) is 0. The van der Waals surface area contributed by atoms with Gasteiger partial charge in [0.15, 0.2) is 0 Å². The van der Waals surface area contributed by atoms with E-state index in [9.17, 15) is 4.79 Å². The number of allylic oxidation sites excluding steroid dienone is 1. The summed E-state index contributed by atoms with van der Waals surface area (Å²) in [6.45, 7) is 0. The topological polar surface area (TPSA) is 40.9 Å². The van der Waals surface area contributed by atoms with Crippen molar-refractivity contribution in [1.82, 2.24) is 0 Å². The smallest absolute Gasteiger partial charge is 0.204 e. The lowest BCUT2D eigenvalue weighted by Crippen LogP contribution is -1.95. The SMILES string of the molecule is N#CC1=Cc2ccccc2C1=O. The summed E-state index contributed by atoms with van der Waals surface area (Å²) < 4.78 is 0. The molecule has 0 heterocycles. The Labute approximate surface area is 69.7 Å². The molecule has 12 heavy (non-hydrogen) atoms. The highest BCUT2D eigenvalue weighted by molar-refractivity contribution is 6.20. The van der Waals surface area contributed by atoms with E-state index >= 15 is 0 Å². The maximum atomic E-state index is 11.3. The fourth-order valence-corrected chi connectivity index (χ4v) is 1.28. The Balaban J connectivity index is 2.64. The molecule has 56 valence electrons. The van der Waals surface area contributed by atoms with E-state index in [2.05, 4.69) is 0 Å². The lowest BCUT2D eigenvalue weighted by molar-refractivity contribution is 0.104. The molecular formula is C10H5NO. The first-order valence-corrected chi connectivity index (χ1v) is 3.58. The van der Waals surface area contributed by atoms with Crippen molar-refractivity contribution < 1.29 is 4.79 Å². The van der Waals surface area contributed by atoms with E-state index in [1.807, 2.05) is 18.2 Å². The third kappa shape index (κ3) is 0.770. The van der Waals surface area contributed by atoms with E-state index in [4.69, 9.17) is 5.26 Å². The van der Waals surface area contributed by atoms with E-state index in [1.54, 1.807) is 18.2 Å². The highest BCUT2D eigenvalue weighted by Crippen LogP contribution is 2.23. The average molecular weight is 155 g/mol. The summed E-state index contributed by atoms with van der Waals surface area (Å²) in [5.74, 6) is -0.159. The number of benzene rings is 1. The van der Waals surface area contributed by atoms with E-state index in [1.165, 1.54) is 0 Å². The van der Waals surface area contributed by atoms with Gasteiger partial charge in [0.2, 0.25) is 5.78 Å². The summed E-state index contributed by atoms with van der Waals surface area (Å²) >= 11 is 0. The van der Waals surface area contributed by atoms with Gasteiger partial charge in [-0.1, -0.05) is 24.3 Å². The summed E-state index contributed by atoms with van der Waals surface area (Å²) in [6.07, 6.45) is 1.62. The lowest BCUT2D eigenvalue weighted by atomic mass is 10.1. The van der Waals surface area contributed by atoms with Gasteiger partial charge in [0.05, 0.1) is 0 Å². The van der Waals surface area contributed by atoms with Crippen molar-refractivity contribution >= 4 is 11.9 Å². The van der Waals surface area contributed by atoms with Gasteiger partial charge in [-0.05, 0) is 11.6 Å². The van der Waals surface area contributed by atoms with Gasteiger partial charge in [-0.25, -0.2) is 0 Å². The Hall–Kier alpha value is -1.88. The highest BCUT2D eigenvalue weighted by atomic mass is 16.1. The zero-order valence-electron chi connectivity index (χ0n) is 6.24. The van der Waals surface area contributed by atoms with Crippen LogP contribution in [-0.2, 0) is 0 Å². The van der Waals surface area contributed by atoms with Gasteiger partial charge in [-0.3, -0.25) is 4.79 Å². The van der Waals surface area contributed by atoms with Crippen molar-refractivity contribution in [1.29, 1.82) is 5.26 Å². The van der Waals surface area contributed by atoms with E-state index < -0.39 is 0 Å². The second-order valence-electron chi connectivity index (χ2n) is 2.59. The van der Waals surface area contributed by atoms with Crippen LogP contribution in [0.4, 0.5) is 0 Å². The molecule has 0 amide bonds. The van der Waals surface area contributed by atoms with Gasteiger partial charge in [0.25, 0.3) is 0 Å². The van der Waals surface area contributed by atoms with Crippen molar-refractivity contribution in [2.45, 2.75) is 0 Å². The van der Waals surface area contributed by atoms with E-state index in [0.29, 0.717) is 5.56 Å². The number of carbonyl (C=O) groups is 1. The highest BCUT2D eigenvalue weighted by Gasteiger charge is 2.20. The molecule has 2 heteroatoms. The molecule has 0 saturated carbocycles. The number of nitriles is 1. The van der Waals surface area contributed by atoms with Crippen LogP contribution in [0.5, 0.6) is 0 Å². The number of hydrogen-bond donors (Lipinski definition) is 0. The molecule has 1 aromatic rings. The minimum absolute atomic E-state index is 0.159. The molecule has 0 fully saturated rings. The van der Waals surface area contributed by atoms with Crippen LogP contribution in [0.25, 0.3) is 6.08 Å². The normalized spacial score (nSPS) is 13.6. The van der Waals surface area contributed by atoms with Crippen molar-refractivity contribution in [3.8, 4) is 6.07 Å². The maximum Gasteiger partial charge on any atom is 0.204 e. The number of rotatable bonds is 0. The van der Waals surface area contributed by atoms with E-state index in [-0.39, 0.29) is 11.4 Å². The van der Waals surface area contributed by atoms with Crippen LogP contribution in [0, 0.1) is 11.3 Å². The largest absolute Gasteiger partial charge is 0.288 e. The van der Waals surface area contributed by atoms with Crippen LogP contribution in [0.3, 0.4) is 0 Å². The van der Waals surface area contributed by atoms with Gasteiger partial charge >= 0.3 is 0 Å². The van der Waals surface area contributed by atoms with Crippen LogP contribution in [0.2, 0.25) is 0 Å². The molecule has 0 spiro atoms. The second kappa shape index (κ2) is 2.31. The Morgan fingerprint density at radius 2 is 2.00 bits per heavy atom. The molecule has 1 aliphatic carbocycles. The molecule has 0 saturated heterocycles. The predicted octanol–water partition coefficient (Wildman–Crippen LogP) is 1.79. The first-order chi connectivity index (χ1) is 5.83. The maximum absolute atomic E-state index is 11.3.